The van der Waals surface area contributed by atoms with Crippen molar-refractivity contribution in [3.63, 3.8) is 0 Å². The number of hydrogen-bond acceptors (Lipinski definition) is 6. The van der Waals surface area contributed by atoms with Crippen molar-refractivity contribution >= 4 is 27.7 Å². The minimum Gasteiger partial charge on any atom is -0.468 e. The number of carbonyl (C=O) groups excluding carboxylic acids is 1. The summed E-state index contributed by atoms with van der Waals surface area (Å²) in [4.78, 5) is 12.5. The number of rotatable bonds is 8. The monoisotopic (exact) mass is 410 g/mol. The number of sulfonamides is 1. The number of benzene rings is 1. The summed E-state index contributed by atoms with van der Waals surface area (Å²) < 4.78 is 37.2. The summed E-state index contributed by atoms with van der Waals surface area (Å²) in [7, 11) is -3.61. The van der Waals surface area contributed by atoms with Gasteiger partial charge >= 0.3 is 0 Å². The van der Waals surface area contributed by atoms with Crippen molar-refractivity contribution in [3.05, 3.63) is 54.0 Å². The minimum atomic E-state index is -3.61. The Morgan fingerprint density at radius 3 is 2.74 bits per heavy atom. The van der Waals surface area contributed by atoms with Gasteiger partial charge in [-0.2, -0.15) is 16.1 Å². The molecule has 27 heavy (non-hydrogen) atoms. The van der Waals surface area contributed by atoms with Crippen LogP contribution in [0.4, 0.5) is 0 Å². The van der Waals surface area contributed by atoms with Gasteiger partial charge in [-0.25, -0.2) is 8.42 Å². The molecule has 0 aliphatic carbocycles. The van der Waals surface area contributed by atoms with Crippen molar-refractivity contribution in [1.29, 1.82) is 0 Å². The number of nitrogens with zero attached hydrogens (tertiary/aromatic N) is 1. The fourth-order valence-corrected chi connectivity index (χ4v) is 4.85. The Morgan fingerprint density at radius 1 is 1.19 bits per heavy atom. The van der Waals surface area contributed by atoms with Crippen LogP contribution < -0.4 is 5.32 Å². The lowest BCUT2D eigenvalue weighted by molar-refractivity contribution is 0.0730. The van der Waals surface area contributed by atoms with E-state index in [-0.39, 0.29) is 10.8 Å². The maximum Gasteiger partial charge on any atom is 0.251 e. The maximum atomic E-state index is 12.7. The fourth-order valence-electron chi connectivity index (χ4n) is 2.64. The topological polar surface area (TPSA) is 88.8 Å². The highest BCUT2D eigenvalue weighted by Gasteiger charge is 2.26. The average molecular weight is 411 g/mol. The molecule has 3 rings (SSSR count). The molecule has 1 aromatic carbocycles. The SMILES string of the molecule is O=C(NCCSCc1ccco1)c1cccc(S(=O)(=O)N2CCOCC2)c1. The zero-order valence-corrected chi connectivity index (χ0v) is 16.4. The molecule has 1 amide bonds. The molecular weight excluding hydrogens is 388 g/mol. The lowest BCUT2D eigenvalue weighted by Crippen LogP contribution is -2.40. The molecule has 0 bridgehead atoms. The van der Waals surface area contributed by atoms with E-state index in [1.807, 2.05) is 12.1 Å². The lowest BCUT2D eigenvalue weighted by Gasteiger charge is -2.26. The molecule has 2 heterocycles. The lowest BCUT2D eigenvalue weighted by atomic mass is 10.2. The Balaban J connectivity index is 1.53. The van der Waals surface area contributed by atoms with Crippen molar-refractivity contribution < 1.29 is 22.4 Å². The third-order valence-electron chi connectivity index (χ3n) is 4.06. The van der Waals surface area contributed by atoms with Crippen molar-refractivity contribution in [1.82, 2.24) is 9.62 Å². The quantitative estimate of drug-likeness (QED) is 0.670. The summed E-state index contributed by atoms with van der Waals surface area (Å²) >= 11 is 1.65. The molecule has 9 heteroatoms. The zero-order chi connectivity index (χ0) is 19.1. The van der Waals surface area contributed by atoms with E-state index < -0.39 is 10.0 Å². The molecule has 2 aromatic rings. The Bertz CT molecular complexity index is 846. The molecule has 0 spiro atoms. The van der Waals surface area contributed by atoms with Crippen LogP contribution in [0, 0.1) is 0 Å². The van der Waals surface area contributed by atoms with E-state index in [2.05, 4.69) is 5.32 Å². The van der Waals surface area contributed by atoms with Crippen LogP contribution in [-0.2, 0) is 20.5 Å². The molecule has 1 aliphatic heterocycles. The molecule has 1 aliphatic rings. The average Bonchev–Trinajstić information content (AvgIpc) is 3.22. The molecular formula is C18H22N2O5S2. The molecule has 1 saturated heterocycles. The predicted octanol–water partition coefficient (Wildman–Crippen LogP) is 1.96. The van der Waals surface area contributed by atoms with Crippen molar-refractivity contribution in [2.24, 2.45) is 0 Å². The number of amides is 1. The molecule has 0 radical (unpaired) electrons. The van der Waals surface area contributed by atoms with Gasteiger partial charge in [-0.05, 0) is 30.3 Å². The Hall–Kier alpha value is -1.81. The molecule has 1 fully saturated rings. The van der Waals surface area contributed by atoms with Gasteiger partial charge in [0.05, 0.1) is 30.1 Å². The van der Waals surface area contributed by atoms with E-state index in [0.29, 0.717) is 38.4 Å². The van der Waals surface area contributed by atoms with Gasteiger partial charge in [-0.1, -0.05) is 6.07 Å². The number of furan rings is 1. The Kier molecular flexibility index (Phi) is 6.95. The number of morpholine rings is 1. The second-order valence-electron chi connectivity index (χ2n) is 5.93. The van der Waals surface area contributed by atoms with Crippen LogP contribution in [-0.4, -0.2) is 57.2 Å². The fraction of sp³-hybridized carbons (Fsp3) is 0.389. The normalized spacial score (nSPS) is 15.6. The third-order valence-corrected chi connectivity index (χ3v) is 6.94. The molecule has 0 saturated carbocycles. The van der Waals surface area contributed by atoms with Gasteiger partial charge in [-0.3, -0.25) is 4.79 Å². The van der Waals surface area contributed by atoms with Gasteiger partial charge in [0.25, 0.3) is 5.91 Å². The number of thioether (sulfide) groups is 1. The maximum absolute atomic E-state index is 12.7. The molecule has 1 N–H and O–H groups in total. The summed E-state index contributed by atoms with van der Waals surface area (Å²) in [6.45, 7) is 1.91. The van der Waals surface area contributed by atoms with Gasteiger partial charge in [0.15, 0.2) is 0 Å². The van der Waals surface area contributed by atoms with Gasteiger partial charge < -0.3 is 14.5 Å². The smallest absolute Gasteiger partial charge is 0.251 e. The van der Waals surface area contributed by atoms with Crippen LogP contribution in [0.1, 0.15) is 16.1 Å². The number of nitrogens with one attached hydrogen (secondary N) is 1. The van der Waals surface area contributed by atoms with Gasteiger partial charge in [0.1, 0.15) is 5.76 Å². The van der Waals surface area contributed by atoms with Crippen LogP contribution in [0.15, 0.2) is 52.0 Å². The highest BCUT2D eigenvalue weighted by molar-refractivity contribution is 7.98. The summed E-state index contributed by atoms with van der Waals surface area (Å²) in [5, 5.41) is 2.82. The first-order valence-corrected chi connectivity index (χ1v) is 11.2. The predicted molar refractivity (Wildman–Crippen MR) is 103 cm³/mol. The standard InChI is InChI=1S/C18H22N2O5S2/c21-18(19-6-12-26-14-16-4-2-9-25-16)15-3-1-5-17(13-15)27(22,23)20-7-10-24-11-8-20/h1-5,9,13H,6-8,10-12,14H2,(H,19,21). The minimum absolute atomic E-state index is 0.129. The first kappa shape index (κ1) is 19.9. The van der Waals surface area contributed by atoms with Crippen LogP contribution in [0.3, 0.4) is 0 Å². The Labute approximate surface area is 163 Å². The number of hydrogen-bond donors (Lipinski definition) is 1. The van der Waals surface area contributed by atoms with Crippen LogP contribution in [0.25, 0.3) is 0 Å². The van der Waals surface area contributed by atoms with E-state index in [1.54, 1.807) is 30.2 Å². The van der Waals surface area contributed by atoms with Crippen molar-refractivity contribution in [2.45, 2.75) is 10.6 Å². The van der Waals surface area contributed by atoms with Gasteiger partial charge in [-0.15, -0.1) is 0 Å². The molecule has 7 nitrogen and oxygen atoms in total. The van der Waals surface area contributed by atoms with Crippen LogP contribution in [0.2, 0.25) is 0 Å². The van der Waals surface area contributed by atoms with E-state index in [4.69, 9.17) is 9.15 Å². The second-order valence-corrected chi connectivity index (χ2v) is 8.98. The van der Waals surface area contributed by atoms with Crippen molar-refractivity contribution in [3.8, 4) is 0 Å². The van der Waals surface area contributed by atoms with E-state index in [1.165, 1.54) is 16.4 Å². The zero-order valence-electron chi connectivity index (χ0n) is 14.8. The van der Waals surface area contributed by atoms with Crippen LogP contribution in [0.5, 0.6) is 0 Å². The first-order valence-electron chi connectivity index (χ1n) is 8.63. The highest BCUT2D eigenvalue weighted by atomic mass is 32.2. The Morgan fingerprint density at radius 2 is 2.00 bits per heavy atom. The molecule has 146 valence electrons. The highest BCUT2D eigenvalue weighted by Crippen LogP contribution is 2.18. The third kappa shape index (κ3) is 5.35. The van der Waals surface area contributed by atoms with Gasteiger partial charge in [0.2, 0.25) is 10.0 Å². The number of ether oxygens (including phenoxy) is 1. The number of carbonyl (C=O) groups is 1. The second kappa shape index (κ2) is 9.41. The summed E-state index contributed by atoms with van der Waals surface area (Å²) in [6, 6.07) is 9.90. The first-order chi connectivity index (χ1) is 13.1. The summed E-state index contributed by atoms with van der Waals surface area (Å²) in [5.41, 5.74) is 0.334. The van der Waals surface area contributed by atoms with Crippen molar-refractivity contribution in [2.75, 3.05) is 38.6 Å². The summed E-state index contributed by atoms with van der Waals surface area (Å²) in [6.07, 6.45) is 1.63. The van der Waals surface area contributed by atoms with Crippen LogP contribution >= 0.6 is 11.8 Å². The van der Waals surface area contributed by atoms with E-state index in [0.717, 1.165) is 17.3 Å². The van der Waals surface area contributed by atoms with E-state index in [9.17, 15) is 13.2 Å². The molecule has 1 aromatic heterocycles. The molecule has 0 atom stereocenters. The van der Waals surface area contributed by atoms with E-state index >= 15 is 0 Å². The van der Waals surface area contributed by atoms with Gasteiger partial charge in [0, 0.05) is 31.0 Å². The summed E-state index contributed by atoms with van der Waals surface area (Å²) in [5.74, 6) is 2.09. The molecule has 0 unspecified atom stereocenters. The largest absolute Gasteiger partial charge is 0.468 e.